The summed E-state index contributed by atoms with van der Waals surface area (Å²) in [4.78, 5) is 50.7. The first-order valence-corrected chi connectivity index (χ1v) is 10.9. The number of amides is 4. The van der Waals surface area contributed by atoms with Crippen molar-refractivity contribution in [1.82, 2.24) is 9.47 Å². The number of carbonyl (C=O) groups excluding carboxylic acids is 4. The molecule has 1 aromatic heterocycles. The van der Waals surface area contributed by atoms with E-state index in [0.717, 1.165) is 4.90 Å². The number of nitrogens with zero attached hydrogens (tertiary/aromatic N) is 2. The van der Waals surface area contributed by atoms with Gasteiger partial charge in [0, 0.05) is 28.7 Å². The highest BCUT2D eigenvalue weighted by Crippen LogP contribution is 2.28. The first-order valence-electron chi connectivity index (χ1n) is 10.5. The molecule has 4 N–H and O–H groups in total. The number of likely N-dealkylation sites (tertiary alicyclic amines) is 1. The Bertz CT molecular complexity index is 1340. The monoisotopic (exact) mass is 501 g/mol. The average molecular weight is 502 g/mol. The molecule has 35 heavy (non-hydrogen) atoms. The van der Waals surface area contributed by atoms with Gasteiger partial charge in [-0.2, -0.15) is 0 Å². The van der Waals surface area contributed by atoms with Crippen LogP contribution in [-0.2, 0) is 9.53 Å². The van der Waals surface area contributed by atoms with E-state index >= 15 is 0 Å². The summed E-state index contributed by atoms with van der Waals surface area (Å²) in [5.41, 5.74) is 6.48. The van der Waals surface area contributed by atoms with E-state index in [-0.39, 0.29) is 34.9 Å². The van der Waals surface area contributed by atoms with Crippen molar-refractivity contribution in [3.63, 3.8) is 0 Å². The van der Waals surface area contributed by atoms with Gasteiger partial charge in [-0.15, -0.1) is 0 Å². The van der Waals surface area contributed by atoms with Gasteiger partial charge in [0.25, 0.3) is 0 Å². The lowest BCUT2D eigenvalue weighted by atomic mass is 10.1. The fraction of sp³-hybridized carbons (Fsp3) is 0.217. The lowest BCUT2D eigenvalue weighted by Crippen LogP contribution is -2.45. The Morgan fingerprint density at radius 3 is 2.60 bits per heavy atom. The molecule has 3 aromatic rings. The van der Waals surface area contributed by atoms with Crippen LogP contribution in [0.4, 0.5) is 25.4 Å². The molecule has 1 aliphatic rings. The number of nitrogens with one attached hydrogen (secondary N) is 2. The summed E-state index contributed by atoms with van der Waals surface area (Å²) in [5.74, 6) is -1.30. The molecule has 1 saturated heterocycles. The molecule has 0 unspecified atom stereocenters. The summed E-state index contributed by atoms with van der Waals surface area (Å²) in [6, 6.07) is 8.34. The molecule has 1 aliphatic heterocycles. The van der Waals surface area contributed by atoms with Gasteiger partial charge in [-0.05, 0) is 24.3 Å². The third-order valence-electron chi connectivity index (χ3n) is 5.59. The molecule has 10 nitrogen and oxygen atoms in total. The zero-order valence-electron chi connectivity index (χ0n) is 18.5. The van der Waals surface area contributed by atoms with Gasteiger partial charge in [0.15, 0.2) is 0 Å². The number of alkyl halides is 1. The van der Waals surface area contributed by atoms with E-state index in [2.05, 4.69) is 15.4 Å². The third-order valence-corrected chi connectivity index (χ3v) is 5.81. The average Bonchev–Trinajstić information content (AvgIpc) is 3.39. The minimum atomic E-state index is -1.42. The summed E-state index contributed by atoms with van der Waals surface area (Å²) in [6.07, 6.45) is -0.274. The Morgan fingerprint density at radius 1 is 1.14 bits per heavy atom. The van der Waals surface area contributed by atoms with Crippen LogP contribution in [0.25, 0.3) is 10.9 Å². The molecule has 0 saturated carbocycles. The van der Waals surface area contributed by atoms with Crippen LogP contribution >= 0.6 is 11.6 Å². The van der Waals surface area contributed by atoms with Crippen LogP contribution in [0.1, 0.15) is 16.8 Å². The molecule has 2 atom stereocenters. The van der Waals surface area contributed by atoms with E-state index in [4.69, 9.17) is 17.3 Å². The number of benzene rings is 2. The number of anilines is 2. The number of primary amides is 1. The number of carbonyl (C=O) groups is 4. The molecule has 0 spiro atoms. The Hall–Kier alpha value is -4.12. The number of rotatable bonds is 4. The van der Waals surface area contributed by atoms with Crippen molar-refractivity contribution in [3.05, 3.63) is 59.2 Å². The fourth-order valence-corrected chi connectivity index (χ4v) is 4.26. The molecule has 0 bridgehead atoms. The van der Waals surface area contributed by atoms with Gasteiger partial charge in [0.1, 0.15) is 12.2 Å². The van der Waals surface area contributed by atoms with Crippen molar-refractivity contribution in [2.45, 2.75) is 18.6 Å². The molecule has 2 aromatic carbocycles. The number of esters is 1. The summed E-state index contributed by atoms with van der Waals surface area (Å²) in [5, 5.41) is 5.95. The molecule has 2 heterocycles. The maximum absolute atomic E-state index is 14.3. The quantitative estimate of drug-likeness (QED) is 0.469. The maximum atomic E-state index is 14.3. The van der Waals surface area contributed by atoms with E-state index in [0.29, 0.717) is 10.9 Å². The van der Waals surface area contributed by atoms with Gasteiger partial charge in [0.05, 0.1) is 30.4 Å². The predicted octanol–water partition coefficient (Wildman–Crippen LogP) is 3.59. The van der Waals surface area contributed by atoms with E-state index in [9.17, 15) is 23.6 Å². The first-order chi connectivity index (χ1) is 16.7. The largest absolute Gasteiger partial charge is 0.465 e. The van der Waals surface area contributed by atoms with Crippen LogP contribution < -0.4 is 16.4 Å². The molecule has 0 aliphatic carbocycles. The summed E-state index contributed by atoms with van der Waals surface area (Å²) < 4.78 is 20.2. The Morgan fingerprint density at radius 2 is 1.89 bits per heavy atom. The van der Waals surface area contributed by atoms with Gasteiger partial charge < -0.3 is 26.0 Å². The maximum Gasteiger partial charge on any atom is 0.337 e. The lowest BCUT2D eigenvalue weighted by molar-refractivity contribution is -0.119. The summed E-state index contributed by atoms with van der Waals surface area (Å²) >= 11 is 6.03. The van der Waals surface area contributed by atoms with Crippen LogP contribution in [0.15, 0.2) is 48.7 Å². The molecule has 4 amide bonds. The van der Waals surface area contributed by atoms with E-state index < -0.39 is 36.2 Å². The standard InChI is InChI=1S/C23H21ClFN5O5/c1-35-21(32)12-6-13(24)8-15(7-12)27-20(31)19-9-14(25)10-30(19)23(34)28-17-11-29(22(26)33)18-5-3-2-4-16(17)18/h2-8,11,14,19H,9-10H2,1H3,(H2,26,33)(H,27,31)(H,28,34)/t14-,19+/m1/s1. The van der Waals surface area contributed by atoms with Crippen molar-refractivity contribution < 1.29 is 28.3 Å². The third kappa shape index (κ3) is 4.90. The number of hydrogen-bond acceptors (Lipinski definition) is 5. The summed E-state index contributed by atoms with van der Waals surface area (Å²) in [7, 11) is 1.21. The zero-order chi connectivity index (χ0) is 25.3. The van der Waals surface area contributed by atoms with Gasteiger partial charge >= 0.3 is 18.0 Å². The predicted molar refractivity (Wildman–Crippen MR) is 127 cm³/mol. The van der Waals surface area contributed by atoms with Crippen LogP contribution in [0, 0.1) is 0 Å². The van der Waals surface area contributed by atoms with E-state index in [1.165, 1.54) is 36.1 Å². The van der Waals surface area contributed by atoms with Crippen LogP contribution in [0.2, 0.25) is 5.02 Å². The Labute approximate surface area is 203 Å². The number of para-hydroxylation sites is 1. The van der Waals surface area contributed by atoms with E-state index in [1.807, 2.05) is 0 Å². The highest BCUT2D eigenvalue weighted by Gasteiger charge is 2.40. The smallest absolute Gasteiger partial charge is 0.337 e. The number of hydrogen-bond donors (Lipinski definition) is 3. The number of halogens is 2. The number of methoxy groups -OCH3 is 1. The van der Waals surface area contributed by atoms with Crippen molar-refractivity contribution >= 4 is 57.8 Å². The highest BCUT2D eigenvalue weighted by molar-refractivity contribution is 6.31. The topological polar surface area (TPSA) is 136 Å². The number of aromatic nitrogens is 1. The number of fused-ring (bicyclic) bond motifs is 1. The second-order valence-electron chi connectivity index (χ2n) is 7.91. The lowest BCUT2D eigenvalue weighted by Gasteiger charge is -2.24. The van der Waals surface area contributed by atoms with Gasteiger partial charge in [-0.1, -0.05) is 29.8 Å². The molecule has 12 heteroatoms. The van der Waals surface area contributed by atoms with Crippen molar-refractivity contribution in [3.8, 4) is 0 Å². The van der Waals surface area contributed by atoms with Crippen LogP contribution in [-0.4, -0.2) is 59.3 Å². The minimum Gasteiger partial charge on any atom is -0.465 e. The Balaban J connectivity index is 1.55. The van der Waals surface area contributed by atoms with Crippen molar-refractivity contribution in [2.75, 3.05) is 24.3 Å². The summed E-state index contributed by atoms with van der Waals surface area (Å²) in [6.45, 7) is -0.304. The SMILES string of the molecule is COC(=O)c1cc(Cl)cc(NC(=O)[C@@H]2C[C@@H](F)CN2C(=O)Nc2cn(C(N)=O)c3ccccc23)c1. The second kappa shape index (κ2) is 9.63. The van der Waals surface area contributed by atoms with E-state index in [1.54, 1.807) is 24.3 Å². The van der Waals surface area contributed by atoms with Crippen LogP contribution in [0.3, 0.4) is 0 Å². The van der Waals surface area contributed by atoms with Crippen LogP contribution in [0.5, 0.6) is 0 Å². The normalized spacial score (nSPS) is 17.3. The van der Waals surface area contributed by atoms with Gasteiger partial charge in [-0.3, -0.25) is 9.36 Å². The molecule has 4 rings (SSSR count). The number of urea groups is 1. The molecular formula is C23H21ClFN5O5. The van der Waals surface area contributed by atoms with Gasteiger partial charge in [-0.25, -0.2) is 18.8 Å². The van der Waals surface area contributed by atoms with Crippen molar-refractivity contribution in [1.29, 1.82) is 0 Å². The molecule has 1 fully saturated rings. The first kappa shape index (κ1) is 24.0. The van der Waals surface area contributed by atoms with Gasteiger partial charge in [0.2, 0.25) is 5.91 Å². The highest BCUT2D eigenvalue weighted by atomic mass is 35.5. The molecule has 0 radical (unpaired) electrons. The zero-order valence-corrected chi connectivity index (χ0v) is 19.2. The number of nitrogens with two attached hydrogens (primary N) is 1. The fourth-order valence-electron chi connectivity index (χ4n) is 4.03. The molecule has 182 valence electrons. The minimum absolute atomic E-state index is 0.116. The molecular weight excluding hydrogens is 481 g/mol. The number of ether oxygens (including phenoxy) is 1. The Kier molecular flexibility index (Phi) is 6.61. The van der Waals surface area contributed by atoms with Crippen molar-refractivity contribution in [2.24, 2.45) is 5.73 Å². The second-order valence-corrected chi connectivity index (χ2v) is 8.35.